The van der Waals surface area contributed by atoms with Crippen LogP contribution in [0.2, 0.25) is 0 Å². The van der Waals surface area contributed by atoms with Crippen molar-refractivity contribution < 1.29 is 17.8 Å². The summed E-state index contributed by atoms with van der Waals surface area (Å²) in [6, 6.07) is 7.85. The molecule has 1 aromatic carbocycles. The number of halogens is 2. The molecule has 4 nitrogen and oxygen atoms in total. The Bertz CT molecular complexity index is 354. The molecule has 0 spiro atoms. The van der Waals surface area contributed by atoms with E-state index in [-0.39, 0.29) is 6.10 Å². The molecule has 0 fully saturated rings. The van der Waals surface area contributed by atoms with Gasteiger partial charge >= 0.3 is 0 Å². The Labute approximate surface area is 152 Å². The number of hydrogen-bond donors (Lipinski definition) is 0. The Morgan fingerprint density at radius 2 is 1.90 bits per heavy atom. The van der Waals surface area contributed by atoms with Crippen LogP contribution < -0.4 is 4.74 Å². The van der Waals surface area contributed by atoms with E-state index in [1.54, 1.807) is 7.11 Å². The van der Waals surface area contributed by atoms with Crippen molar-refractivity contribution in [3.63, 3.8) is 0 Å². The van der Waals surface area contributed by atoms with Crippen LogP contribution in [-0.2, 0) is 19.7 Å². The Balaban J connectivity index is 2.27. The van der Waals surface area contributed by atoms with Gasteiger partial charge in [0.25, 0.3) is 0 Å². The van der Waals surface area contributed by atoms with Crippen LogP contribution in [0.4, 0.5) is 0 Å². The Hall–Kier alpha value is 1.06. The lowest BCUT2D eigenvalue weighted by Gasteiger charge is -2.15. The van der Waals surface area contributed by atoms with E-state index in [2.05, 4.69) is 42.4 Å². The molecule has 0 heterocycles. The quantitative estimate of drug-likeness (QED) is 0.223. The van der Waals surface area contributed by atoms with Gasteiger partial charge in [0.1, 0.15) is 5.75 Å². The Morgan fingerprint density at radius 1 is 1.15 bits per heavy atom. The molecule has 20 heavy (non-hydrogen) atoms. The standard InChI is InChI=1S/C12H16I2O4S2/c1-15-11-4-2-10(3-5-11)8-16-9-12(18-20-14)6-7-17-19-13/h2-5,12H,6-9H2,1H3. The molecule has 1 atom stereocenters. The molecule has 0 aromatic heterocycles. The summed E-state index contributed by atoms with van der Waals surface area (Å²) in [6.45, 7) is 1.77. The van der Waals surface area contributed by atoms with E-state index >= 15 is 0 Å². The van der Waals surface area contributed by atoms with E-state index in [1.165, 1.54) is 18.4 Å². The van der Waals surface area contributed by atoms with Crippen LogP contribution in [0.3, 0.4) is 0 Å². The second-order valence-corrected chi connectivity index (χ2v) is 6.66. The molecule has 1 aromatic rings. The highest BCUT2D eigenvalue weighted by Gasteiger charge is 2.10. The molecule has 114 valence electrons. The summed E-state index contributed by atoms with van der Waals surface area (Å²) in [4.78, 5) is 0. The van der Waals surface area contributed by atoms with Crippen LogP contribution in [0.1, 0.15) is 12.0 Å². The normalized spacial score (nSPS) is 12.3. The predicted molar refractivity (Wildman–Crippen MR) is 101 cm³/mol. The molecule has 0 aliphatic carbocycles. The van der Waals surface area contributed by atoms with Gasteiger partial charge in [0.2, 0.25) is 0 Å². The molecule has 0 bridgehead atoms. The molecule has 8 heteroatoms. The highest BCUT2D eigenvalue weighted by Crippen LogP contribution is 2.20. The lowest BCUT2D eigenvalue weighted by molar-refractivity contribution is 0.0430. The molecule has 0 saturated heterocycles. The van der Waals surface area contributed by atoms with Crippen LogP contribution in [0.25, 0.3) is 0 Å². The number of benzene rings is 1. The maximum atomic E-state index is 5.69. The van der Waals surface area contributed by atoms with Gasteiger partial charge in [-0.1, -0.05) is 12.1 Å². The van der Waals surface area contributed by atoms with Crippen molar-refractivity contribution in [1.29, 1.82) is 0 Å². The van der Waals surface area contributed by atoms with Crippen LogP contribution in [0, 0.1) is 0 Å². The fourth-order valence-electron chi connectivity index (χ4n) is 1.45. The SMILES string of the molecule is COc1ccc(COCC(CCOSI)OSI)cc1. The highest BCUT2D eigenvalue weighted by molar-refractivity contribution is 14.2. The van der Waals surface area contributed by atoms with E-state index < -0.39 is 0 Å². The smallest absolute Gasteiger partial charge is 0.118 e. The van der Waals surface area contributed by atoms with Crippen molar-refractivity contribution in [3.05, 3.63) is 29.8 Å². The van der Waals surface area contributed by atoms with Crippen LogP contribution in [-0.4, -0.2) is 26.4 Å². The van der Waals surface area contributed by atoms with Crippen molar-refractivity contribution in [2.75, 3.05) is 20.3 Å². The van der Waals surface area contributed by atoms with E-state index in [1.807, 2.05) is 24.3 Å². The molecule has 1 rings (SSSR count). The summed E-state index contributed by atoms with van der Waals surface area (Å²) in [5, 5.41) is 0. The third-order valence-electron chi connectivity index (χ3n) is 2.47. The monoisotopic (exact) mass is 542 g/mol. The first-order valence-corrected chi connectivity index (χ1v) is 12.4. The molecule has 0 saturated carbocycles. The maximum absolute atomic E-state index is 5.69. The molecule has 1 unspecified atom stereocenters. The number of ether oxygens (including phenoxy) is 2. The highest BCUT2D eigenvalue weighted by atomic mass is 127. The van der Waals surface area contributed by atoms with E-state index in [0.717, 1.165) is 17.7 Å². The Morgan fingerprint density at radius 3 is 2.50 bits per heavy atom. The summed E-state index contributed by atoms with van der Waals surface area (Å²) in [5.74, 6) is 0.852. The zero-order valence-corrected chi connectivity index (χ0v) is 16.9. The van der Waals surface area contributed by atoms with Gasteiger partial charge in [0, 0.05) is 48.8 Å². The van der Waals surface area contributed by atoms with Gasteiger partial charge in [-0.05, 0) is 17.7 Å². The number of hydrogen-bond acceptors (Lipinski definition) is 6. The van der Waals surface area contributed by atoms with Crippen LogP contribution >= 0.6 is 60.8 Å². The average molecular weight is 542 g/mol. The second-order valence-electron chi connectivity index (χ2n) is 3.82. The largest absolute Gasteiger partial charge is 0.497 e. The van der Waals surface area contributed by atoms with Crippen LogP contribution in [0.5, 0.6) is 5.75 Å². The van der Waals surface area contributed by atoms with Crippen molar-refractivity contribution in [1.82, 2.24) is 0 Å². The minimum Gasteiger partial charge on any atom is -0.497 e. The van der Waals surface area contributed by atoms with Gasteiger partial charge in [-0.15, -0.1) is 0 Å². The fraction of sp³-hybridized carbons (Fsp3) is 0.500. The van der Waals surface area contributed by atoms with Gasteiger partial charge in [-0.25, -0.2) is 0 Å². The van der Waals surface area contributed by atoms with E-state index in [4.69, 9.17) is 17.8 Å². The van der Waals surface area contributed by atoms with E-state index in [9.17, 15) is 0 Å². The average Bonchev–Trinajstić information content (AvgIpc) is 2.48. The molecule has 0 amide bonds. The first-order valence-electron chi connectivity index (χ1n) is 5.85. The lowest BCUT2D eigenvalue weighted by Crippen LogP contribution is -2.18. The van der Waals surface area contributed by atoms with Gasteiger partial charge in [-0.2, -0.15) is 0 Å². The van der Waals surface area contributed by atoms with Gasteiger partial charge in [0.15, 0.2) is 0 Å². The molecule has 0 N–H and O–H groups in total. The first-order chi connectivity index (χ1) is 9.80. The van der Waals surface area contributed by atoms with Crippen LogP contribution in [0.15, 0.2) is 24.3 Å². The lowest BCUT2D eigenvalue weighted by atomic mass is 10.2. The molecule has 0 radical (unpaired) electrons. The summed E-state index contributed by atoms with van der Waals surface area (Å²) < 4.78 is 21.6. The summed E-state index contributed by atoms with van der Waals surface area (Å²) >= 11 is 4.22. The molecular formula is C12H16I2O4S2. The topological polar surface area (TPSA) is 36.9 Å². The zero-order valence-electron chi connectivity index (χ0n) is 10.9. The predicted octanol–water partition coefficient (Wildman–Crippen LogP) is 5.00. The second kappa shape index (κ2) is 12.6. The van der Waals surface area contributed by atoms with Gasteiger partial charge < -0.3 is 13.7 Å². The van der Waals surface area contributed by atoms with Crippen molar-refractivity contribution >= 4 is 60.8 Å². The maximum Gasteiger partial charge on any atom is 0.118 e. The third kappa shape index (κ3) is 8.49. The Kier molecular flexibility index (Phi) is 12.0. The molecule has 0 aliphatic heterocycles. The number of rotatable bonds is 11. The summed E-state index contributed by atoms with van der Waals surface area (Å²) in [5.41, 5.74) is 1.12. The summed E-state index contributed by atoms with van der Waals surface area (Å²) in [6.07, 6.45) is 0.855. The summed E-state index contributed by atoms with van der Waals surface area (Å²) in [7, 11) is 4.33. The minimum absolute atomic E-state index is 0.0405. The fourth-order valence-corrected chi connectivity index (χ4v) is 3.29. The van der Waals surface area contributed by atoms with Crippen molar-refractivity contribution in [2.24, 2.45) is 0 Å². The molecule has 0 aliphatic rings. The van der Waals surface area contributed by atoms with Gasteiger partial charge in [-0.3, -0.25) is 4.18 Å². The van der Waals surface area contributed by atoms with Crippen molar-refractivity contribution in [2.45, 2.75) is 19.1 Å². The first kappa shape index (κ1) is 19.1. The minimum atomic E-state index is 0.0405. The molecular weight excluding hydrogens is 526 g/mol. The van der Waals surface area contributed by atoms with Gasteiger partial charge in [0.05, 0.1) is 51.5 Å². The van der Waals surface area contributed by atoms with E-state index in [0.29, 0.717) is 19.8 Å². The van der Waals surface area contributed by atoms with Crippen molar-refractivity contribution in [3.8, 4) is 5.75 Å². The number of methoxy groups -OCH3 is 1. The zero-order chi connectivity index (χ0) is 14.6. The third-order valence-corrected chi connectivity index (χ3v) is 4.46.